The van der Waals surface area contributed by atoms with Crippen molar-refractivity contribution in [3.05, 3.63) is 95.8 Å². The summed E-state index contributed by atoms with van der Waals surface area (Å²) in [5.41, 5.74) is 9.64. The van der Waals surface area contributed by atoms with Gasteiger partial charge in [0.1, 0.15) is 11.9 Å². The lowest BCUT2D eigenvalue weighted by Crippen LogP contribution is -2.35. The highest BCUT2D eigenvalue weighted by atomic mass is 19.1. The minimum Gasteiger partial charge on any atom is -0.368 e. The average Bonchev–Trinajstić information content (AvgIpc) is 2.64. The number of benzene rings is 3. The molecule has 0 aliphatic heterocycles. The first kappa shape index (κ1) is 17.8. The van der Waals surface area contributed by atoms with E-state index in [1.54, 1.807) is 12.1 Å². The van der Waals surface area contributed by atoms with Crippen LogP contribution in [0.5, 0.6) is 0 Å². The van der Waals surface area contributed by atoms with Crippen molar-refractivity contribution in [3.63, 3.8) is 0 Å². The third-order valence-electron chi connectivity index (χ3n) is 4.42. The minimum atomic E-state index is -0.626. The molecule has 0 saturated heterocycles. The summed E-state index contributed by atoms with van der Waals surface area (Å²) in [6.45, 7) is 0.538. The van der Waals surface area contributed by atoms with E-state index in [2.05, 4.69) is 18.2 Å². The molecule has 0 spiro atoms. The number of carbonyl (C=O) groups excluding carboxylic acids is 1. The van der Waals surface area contributed by atoms with E-state index in [-0.39, 0.29) is 5.82 Å². The summed E-state index contributed by atoms with van der Waals surface area (Å²) in [6.07, 6.45) is 0. The number of amides is 1. The number of nitrogens with zero attached hydrogens (tertiary/aromatic N) is 1. The summed E-state index contributed by atoms with van der Waals surface area (Å²) >= 11 is 0. The van der Waals surface area contributed by atoms with Gasteiger partial charge >= 0.3 is 0 Å². The topological polar surface area (TPSA) is 46.3 Å². The van der Waals surface area contributed by atoms with E-state index in [4.69, 9.17) is 5.73 Å². The smallest absolute Gasteiger partial charge is 0.239 e. The highest BCUT2D eigenvalue weighted by Crippen LogP contribution is 2.27. The molecule has 0 radical (unpaired) electrons. The van der Waals surface area contributed by atoms with E-state index >= 15 is 0 Å². The molecule has 0 bridgehead atoms. The second kappa shape index (κ2) is 7.93. The average molecular weight is 348 g/mol. The van der Waals surface area contributed by atoms with Gasteiger partial charge in [0.25, 0.3) is 0 Å². The van der Waals surface area contributed by atoms with E-state index in [0.717, 1.165) is 16.7 Å². The van der Waals surface area contributed by atoms with Crippen LogP contribution in [0.4, 0.5) is 4.39 Å². The fourth-order valence-electron chi connectivity index (χ4n) is 3.20. The van der Waals surface area contributed by atoms with Gasteiger partial charge in [0.05, 0.1) is 0 Å². The monoisotopic (exact) mass is 348 g/mol. The maximum absolute atomic E-state index is 13.2. The van der Waals surface area contributed by atoms with Crippen LogP contribution < -0.4 is 5.73 Å². The largest absolute Gasteiger partial charge is 0.368 e. The molecule has 3 aromatic rings. The van der Waals surface area contributed by atoms with E-state index in [9.17, 15) is 9.18 Å². The molecular weight excluding hydrogens is 327 g/mol. The number of hydrogen-bond donors (Lipinski definition) is 1. The summed E-state index contributed by atoms with van der Waals surface area (Å²) in [6, 6.07) is 23.5. The Labute approximate surface area is 152 Å². The summed E-state index contributed by atoms with van der Waals surface area (Å²) in [5.74, 6) is -0.801. The van der Waals surface area contributed by atoms with Crippen molar-refractivity contribution in [2.75, 3.05) is 7.05 Å². The number of nitrogens with two attached hydrogens (primary N) is 1. The number of rotatable bonds is 6. The molecule has 132 valence electrons. The van der Waals surface area contributed by atoms with Gasteiger partial charge < -0.3 is 5.73 Å². The van der Waals surface area contributed by atoms with Gasteiger partial charge in [-0.05, 0) is 41.4 Å². The van der Waals surface area contributed by atoms with Crippen LogP contribution in [0.2, 0.25) is 0 Å². The normalized spacial score (nSPS) is 12.1. The Hall–Kier alpha value is -2.98. The lowest BCUT2D eigenvalue weighted by molar-refractivity contribution is -0.123. The molecule has 3 rings (SSSR count). The summed E-state index contributed by atoms with van der Waals surface area (Å²) in [5, 5.41) is 0. The van der Waals surface area contributed by atoms with Crippen molar-refractivity contribution in [3.8, 4) is 11.1 Å². The van der Waals surface area contributed by atoms with Crippen LogP contribution in [0.15, 0.2) is 78.9 Å². The third kappa shape index (κ3) is 3.98. The Bertz CT molecular complexity index is 878. The van der Waals surface area contributed by atoms with Crippen molar-refractivity contribution in [2.45, 2.75) is 12.6 Å². The van der Waals surface area contributed by atoms with Crippen molar-refractivity contribution in [1.29, 1.82) is 0 Å². The van der Waals surface area contributed by atoms with Crippen molar-refractivity contribution in [1.82, 2.24) is 4.90 Å². The zero-order chi connectivity index (χ0) is 18.5. The van der Waals surface area contributed by atoms with Gasteiger partial charge in [-0.15, -0.1) is 0 Å². The molecule has 0 heterocycles. The molecule has 1 unspecified atom stereocenters. The number of primary amides is 1. The first-order valence-corrected chi connectivity index (χ1v) is 8.44. The minimum absolute atomic E-state index is 0.339. The highest BCUT2D eigenvalue weighted by molar-refractivity contribution is 5.81. The molecule has 1 amide bonds. The van der Waals surface area contributed by atoms with Crippen molar-refractivity contribution in [2.24, 2.45) is 5.73 Å². The molecule has 26 heavy (non-hydrogen) atoms. The molecule has 2 N–H and O–H groups in total. The van der Waals surface area contributed by atoms with Crippen LogP contribution >= 0.6 is 0 Å². The van der Waals surface area contributed by atoms with Gasteiger partial charge in [-0.2, -0.15) is 0 Å². The van der Waals surface area contributed by atoms with Crippen LogP contribution in [-0.4, -0.2) is 17.9 Å². The number of halogens is 1. The zero-order valence-corrected chi connectivity index (χ0v) is 14.6. The second-order valence-electron chi connectivity index (χ2n) is 6.29. The first-order chi connectivity index (χ1) is 12.6. The second-order valence-corrected chi connectivity index (χ2v) is 6.29. The molecule has 1 atom stereocenters. The van der Waals surface area contributed by atoms with Gasteiger partial charge in [-0.1, -0.05) is 66.7 Å². The third-order valence-corrected chi connectivity index (χ3v) is 4.42. The Morgan fingerprint density at radius 3 is 2.23 bits per heavy atom. The standard InChI is InChI=1S/C22H21FN2O/c1-25(21(22(24)26)17-11-13-19(23)14-12-17)15-18-9-5-6-10-20(18)16-7-3-2-4-8-16/h2-14,21H,15H2,1H3,(H2,24,26). The number of hydrogen-bond acceptors (Lipinski definition) is 2. The highest BCUT2D eigenvalue weighted by Gasteiger charge is 2.23. The Kier molecular flexibility index (Phi) is 5.44. The molecule has 3 aromatic carbocycles. The SMILES string of the molecule is CN(Cc1ccccc1-c1ccccc1)C(C(N)=O)c1ccc(F)cc1. The molecule has 0 fully saturated rings. The van der Waals surface area contributed by atoms with Crippen LogP contribution in [0.1, 0.15) is 17.2 Å². The Morgan fingerprint density at radius 2 is 1.58 bits per heavy atom. The van der Waals surface area contributed by atoms with E-state index in [1.165, 1.54) is 12.1 Å². The molecule has 3 nitrogen and oxygen atoms in total. The van der Waals surface area contributed by atoms with Crippen molar-refractivity contribution < 1.29 is 9.18 Å². The summed E-state index contributed by atoms with van der Waals surface area (Å²) in [7, 11) is 1.85. The quantitative estimate of drug-likeness (QED) is 0.727. The molecule has 0 saturated carbocycles. The number of carbonyl (C=O) groups is 1. The van der Waals surface area contributed by atoms with Crippen molar-refractivity contribution >= 4 is 5.91 Å². The molecule has 0 aromatic heterocycles. The van der Waals surface area contributed by atoms with Gasteiger partial charge in [-0.3, -0.25) is 9.69 Å². The lowest BCUT2D eigenvalue weighted by Gasteiger charge is -2.27. The maximum atomic E-state index is 13.2. The molecule has 4 heteroatoms. The van der Waals surface area contributed by atoms with Gasteiger partial charge in [-0.25, -0.2) is 4.39 Å². The van der Waals surface area contributed by atoms with Crippen LogP contribution in [-0.2, 0) is 11.3 Å². The van der Waals surface area contributed by atoms with Crippen LogP contribution in [0.25, 0.3) is 11.1 Å². The predicted octanol–water partition coefficient (Wildman–Crippen LogP) is 4.15. The fraction of sp³-hybridized carbons (Fsp3) is 0.136. The predicted molar refractivity (Wildman–Crippen MR) is 102 cm³/mol. The zero-order valence-electron chi connectivity index (χ0n) is 14.6. The van der Waals surface area contributed by atoms with Gasteiger partial charge in [0.2, 0.25) is 5.91 Å². The molecule has 0 aliphatic rings. The van der Waals surface area contributed by atoms with Crippen LogP contribution in [0, 0.1) is 5.82 Å². The summed E-state index contributed by atoms with van der Waals surface area (Å²) < 4.78 is 13.2. The van der Waals surface area contributed by atoms with E-state index in [1.807, 2.05) is 48.3 Å². The first-order valence-electron chi connectivity index (χ1n) is 8.44. The Balaban J connectivity index is 1.90. The van der Waals surface area contributed by atoms with E-state index < -0.39 is 11.9 Å². The Morgan fingerprint density at radius 1 is 0.962 bits per heavy atom. The van der Waals surface area contributed by atoms with Crippen LogP contribution in [0.3, 0.4) is 0 Å². The lowest BCUT2D eigenvalue weighted by atomic mass is 9.98. The molecule has 0 aliphatic carbocycles. The van der Waals surface area contributed by atoms with Gasteiger partial charge in [0, 0.05) is 6.54 Å². The van der Waals surface area contributed by atoms with E-state index in [0.29, 0.717) is 12.1 Å². The van der Waals surface area contributed by atoms with Gasteiger partial charge in [0.15, 0.2) is 0 Å². The number of likely N-dealkylation sites (N-methyl/N-ethyl adjacent to an activating group) is 1. The summed E-state index contributed by atoms with van der Waals surface area (Å²) in [4.78, 5) is 13.9. The maximum Gasteiger partial charge on any atom is 0.239 e. The molecular formula is C22H21FN2O. The fourth-order valence-corrected chi connectivity index (χ4v) is 3.20.